The third-order valence-corrected chi connectivity index (χ3v) is 7.13. The monoisotopic (exact) mass is 448 g/mol. The molecule has 3 heterocycles. The minimum atomic E-state index is -1.10. The SMILES string of the molecule is C=CCCCOC(=O)[C@H]1[C@H]2C(=O)N(CCO)C(C(=O)N(CC=C)C(C)C)C23CC[C@]1(C)O3. The number of esters is 1. The second-order valence-electron chi connectivity index (χ2n) is 9.45. The highest BCUT2D eigenvalue weighted by atomic mass is 16.6. The van der Waals surface area contributed by atoms with Gasteiger partial charge in [-0.25, -0.2) is 0 Å². The van der Waals surface area contributed by atoms with E-state index in [0.29, 0.717) is 25.8 Å². The van der Waals surface area contributed by atoms with Gasteiger partial charge in [0.25, 0.3) is 0 Å². The number of rotatable bonds is 11. The summed E-state index contributed by atoms with van der Waals surface area (Å²) in [5, 5.41) is 9.64. The summed E-state index contributed by atoms with van der Waals surface area (Å²) in [6.07, 6.45) is 5.86. The summed E-state index contributed by atoms with van der Waals surface area (Å²) in [6, 6.07) is -1.00. The molecule has 3 saturated heterocycles. The Labute approximate surface area is 190 Å². The fourth-order valence-electron chi connectivity index (χ4n) is 5.75. The molecule has 0 radical (unpaired) electrons. The maximum atomic E-state index is 13.8. The fourth-order valence-corrected chi connectivity index (χ4v) is 5.75. The lowest BCUT2D eigenvalue weighted by atomic mass is 9.66. The van der Waals surface area contributed by atoms with E-state index in [4.69, 9.17) is 9.47 Å². The zero-order valence-corrected chi connectivity index (χ0v) is 19.4. The van der Waals surface area contributed by atoms with Gasteiger partial charge in [0.05, 0.1) is 24.7 Å². The molecule has 0 aromatic heterocycles. The zero-order chi connectivity index (χ0) is 23.7. The molecule has 178 valence electrons. The summed E-state index contributed by atoms with van der Waals surface area (Å²) < 4.78 is 12.0. The van der Waals surface area contributed by atoms with Crippen LogP contribution in [0.2, 0.25) is 0 Å². The summed E-state index contributed by atoms with van der Waals surface area (Å²) in [7, 11) is 0. The second-order valence-corrected chi connectivity index (χ2v) is 9.45. The van der Waals surface area contributed by atoms with E-state index in [1.54, 1.807) is 17.1 Å². The van der Waals surface area contributed by atoms with Crippen LogP contribution in [0.5, 0.6) is 0 Å². The number of β-amino-alcohol motifs (C(OH)–C–C–N with tert-alkyl or cyclic N) is 1. The molecule has 3 rings (SSSR count). The molecular weight excluding hydrogens is 412 g/mol. The van der Waals surface area contributed by atoms with Crippen LogP contribution in [-0.2, 0) is 23.9 Å². The first-order valence-corrected chi connectivity index (χ1v) is 11.5. The minimum Gasteiger partial charge on any atom is -0.465 e. The molecule has 0 aliphatic carbocycles. The maximum absolute atomic E-state index is 13.8. The number of fused-ring (bicyclic) bond motifs is 1. The number of carbonyl (C=O) groups is 3. The number of allylic oxidation sites excluding steroid dienone is 1. The molecule has 3 fully saturated rings. The number of aliphatic hydroxyl groups is 1. The Morgan fingerprint density at radius 1 is 1.34 bits per heavy atom. The van der Waals surface area contributed by atoms with E-state index in [9.17, 15) is 19.5 Å². The molecule has 0 saturated carbocycles. The third kappa shape index (κ3) is 3.77. The number of likely N-dealkylation sites (tertiary alicyclic amines) is 1. The number of amides is 2. The molecular formula is C24H36N2O6. The largest absolute Gasteiger partial charge is 0.465 e. The average Bonchev–Trinajstić information content (AvgIpc) is 3.30. The van der Waals surface area contributed by atoms with Crippen LogP contribution < -0.4 is 0 Å². The molecule has 8 heteroatoms. The first-order chi connectivity index (χ1) is 15.2. The molecule has 1 N–H and O–H groups in total. The van der Waals surface area contributed by atoms with Crippen molar-refractivity contribution in [2.24, 2.45) is 11.8 Å². The van der Waals surface area contributed by atoms with Crippen molar-refractivity contribution in [3.8, 4) is 0 Å². The van der Waals surface area contributed by atoms with Crippen LogP contribution >= 0.6 is 0 Å². The van der Waals surface area contributed by atoms with Crippen molar-refractivity contribution in [2.75, 3.05) is 26.3 Å². The molecule has 1 spiro atoms. The van der Waals surface area contributed by atoms with Crippen molar-refractivity contribution in [1.82, 2.24) is 9.80 Å². The summed E-state index contributed by atoms with van der Waals surface area (Å²) in [5.41, 5.74) is -1.96. The smallest absolute Gasteiger partial charge is 0.312 e. The Kier molecular flexibility index (Phi) is 7.15. The van der Waals surface area contributed by atoms with Gasteiger partial charge in [0.2, 0.25) is 11.8 Å². The average molecular weight is 449 g/mol. The number of aliphatic hydroxyl groups excluding tert-OH is 1. The molecule has 32 heavy (non-hydrogen) atoms. The highest BCUT2D eigenvalue weighted by molar-refractivity contribution is 5.98. The number of carbonyl (C=O) groups excluding carboxylic acids is 3. The van der Waals surface area contributed by atoms with Gasteiger partial charge in [-0.1, -0.05) is 12.2 Å². The number of hydrogen-bond donors (Lipinski definition) is 1. The number of unbranched alkanes of at least 4 members (excludes halogenated alkanes) is 1. The summed E-state index contributed by atoms with van der Waals surface area (Å²) in [5.74, 6) is -2.60. The Morgan fingerprint density at radius 2 is 2.06 bits per heavy atom. The molecule has 3 aliphatic rings. The molecule has 2 bridgehead atoms. The van der Waals surface area contributed by atoms with Gasteiger partial charge >= 0.3 is 5.97 Å². The Bertz CT molecular complexity index is 782. The number of ether oxygens (including phenoxy) is 2. The van der Waals surface area contributed by atoms with Gasteiger partial charge in [-0.05, 0) is 46.5 Å². The molecule has 2 amide bonds. The topological polar surface area (TPSA) is 96.4 Å². The first-order valence-electron chi connectivity index (χ1n) is 11.5. The van der Waals surface area contributed by atoms with Crippen LogP contribution in [0.15, 0.2) is 25.3 Å². The quantitative estimate of drug-likeness (QED) is 0.293. The van der Waals surface area contributed by atoms with E-state index < -0.39 is 35.0 Å². The normalized spacial score (nSPS) is 32.8. The summed E-state index contributed by atoms with van der Waals surface area (Å²) in [6.45, 7) is 13.4. The third-order valence-electron chi connectivity index (χ3n) is 7.13. The van der Waals surface area contributed by atoms with Crippen molar-refractivity contribution < 1.29 is 29.0 Å². The predicted molar refractivity (Wildman–Crippen MR) is 118 cm³/mol. The van der Waals surface area contributed by atoms with E-state index in [2.05, 4.69) is 13.2 Å². The molecule has 8 nitrogen and oxygen atoms in total. The van der Waals surface area contributed by atoms with Crippen molar-refractivity contribution in [1.29, 1.82) is 0 Å². The number of nitrogens with zero attached hydrogens (tertiary/aromatic N) is 2. The van der Waals surface area contributed by atoms with Crippen LogP contribution in [0, 0.1) is 11.8 Å². The molecule has 5 atom stereocenters. The number of hydrogen-bond acceptors (Lipinski definition) is 6. The van der Waals surface area contributed by atoms with E-state index in [-0.39, 0.29) is 37.6 Å². The fraction of sp³-hybridized carbons (Fsp3) is 0.708. The molecule has 3 aliphatic heterocycles. The second kappa shape index (κ2) is 9.35. The van der Waals surface area contributed by atoms with E-state index >= 15 is 0 Å². The van der Waals surface area contributed by atoms with Gasteiger partial charge in [-0.15, -0.1) is 13.2 Å². The lowest BCUT2D eigenvalue weighted by Gasteiger charge is -2.38. The standard InChI is InChI=1S/C24H36N2O6/c1-6-8-9-15-31-22(30)18-17-20(28)26(13-14-27)19(21(29)25(12-7-2)16(3)4)24(17)11-10-23(18,5)32-24/h6-7,16-19,27H,1-2,8-15H2,3-5H3/t17-,18+,19?,23-,24?/m0/s1. The van der Waals surface area contributed by atoms with Gasteiger partial charge in [0.1, 0.15) is 17.6 Å². The van der Waals surface area contributed by atoms with Gasteiger partial charge in [0.15, 0.2) is 0 Å². The van der Waals surface area contributed by atoms with E-state index in [1.165, 1.54) is 4.90 Å². The van der Waals surface area contributed by atoms with Gasteiger partial charge in [-0.3, -0.25) is 14.4 Å². The minimum absolute atomic E-state index is 0.00862. The summed E-state index contributed by atoms with van der Waals surface area (Å²) >= 11 is 0. The van der Waals surface area contributed by atoms with Gasteiger partial charge in [-0.2, -0.15) is 0 Å². The van der Waals surface area contributed by atoms with Crippen LogP contribution in [0.25, 0.3) is 0 Å². The first kappa shape index (κ1) is 24.5. The zero-order valence-electron chi connectivity index (χ0n) is 19.4. The van der Waals surface area contributed by atoms with Crippen molar-refractivity contribution in [3.05, 3.63) is 25.3 Å². The highest BCUT2D eigenvalue weighted by Gasteiger charge is 2.78. The summed E-state index contributed by atoms with van der Waals surface area (Å²) in [4.78, 5) is 43.5. The van der Waals surface area contributed by atoms with E-state index in [0.717, 1.165) is 6.42 Å². The Morgan fingerprint density at radius 3 is 2.66 bits per heavy atom. The molecule has 0 aromatic carbocycles. The van der Waals surface area contributed by atoms with Crippen molar-refractivity contribution in [3.63, 3.8) is 0 Å². The molecule has 2 unspecified atom stereocenters. The lowest BCUT2D eigenvalue weighted by molar-refractivity contribution is -0.160. The van der Waals surface area contributed by atoms with Gasteiger partial charge < -0.3 is 24.4 Å². The highest BCUT2D eigenvalue weighted by Crippen LogP contribution is 2.63. The molecule has 0 aromatic rings. The van der Waals surface area contributed by atoms with Crippen LogP contribution in [-0.4, -0.2) is 82.3 Å². The predicted octanol–water partition coefficient (Wildman–Crippen LogP) is 1.68. The van der Waals surface area contributed by atoms with Crippen molar-refractivity contribution >= 4 is 17.8 Å². The van der Waals surface area contributed by atoms with Crippen LogP contribution in [0.3, 0.4) is 0 Å². The Hall–Kier alpha value is -2.19. The Balaban J connectivity index is 1.97. The van der Waals surface area contributed by atoms with Gasteiger partial charge in [0, 0.05) is 19.1 Å². The maximum Gasteiger partial charge on any atom is 0.312 e. The van der Waals surface area contributed by atoms with Crippen LogP contribution in [0.4, 0.5) is 0 Å². The van der Waals surface area contributed by atoms with Crippen molar-refractivity contribution in [2.45, 2.75) is 69.7 Å². The lowest BCUT2D eigenvalue weighted by Crippen LogP contribution is -2.57. The van der Waals surface area contributed by atoms with Crippen LogP contribution in [0.1, 0.15) is 46.5 Å². The van der Waals surface area contributed by atoms with E-state index in [1.807, 2.05) is 20.8 Å².